The molecule has 1 N–H and O–H groups in total. The van der Waals surface area contributed by atoms with E-state index >= 15 is 0 Å². The zero-order valence-electron chi connectivity index (χ0n) is 9.85. The van der Waals surface area contributed by atoms with Crippen LogP contribution in [0.5, 0.6) is 0 Å². The van der Waals surface area contributed by atoms with Gasteiger partial charge in [-0.15, -0.1) is 11.3 Å². The summed E-state index contributed by atoms with van der Waals surface area (Å²) in [6.07, 6.45) is 3.68. The van der Waals surface area contributed by atoms with Crippen molar-refractivity contribution in [2.45, 2.75) is 25.9 Å². The van der Waals surface area contributed by atoms with Crippen molar-refractivity contribution in [3.63, 3.8) is 0 Å². The number of nitrogens with one attached hydrogen (secondary N) is 1. The molecule has 0 aromatic carbocycles. The molecule has 90 valence electrons. The third-order valence-electron chi connectivity index (χ3n) is 2.77. The maximum Gasteiger partial charge on any atom is 0.0931 e. The number of halogens is 1. The lowest BCUT2D eigenvalue weighted by Gasteiger charge is -2.19. The molecule has 0 saturated carbocycles. The minimum Gasteiger partial charge on any atom is -0.304 e. The van der Waals surface area contributed by atoms with E-state index in [1.165, 1.54) is 11.1 Å². The minimum absolute atomic E-state index is 0.275. The van der Waals surface area contributed by atoms with Gasteiger partial charge in [-0.25, -0.2) is 0 Å². The van der Waals surface area contributed by atoms with Crippen LogP contribution in [-0.4, -0.2) is 4.98 Å². The Kier molecular flexibility index (Phi) is 4.15. The van der Waals surface area contributed by atoms with E-state index in [4.69, 9.17) is 11.6 Å². The Balaban J connectivity index is 2.02. The number of hydrogen-bond donors (Lipinski definition) is 1. The molecule has 0 saturated heterocycles. The lowest BCUT2D eigenvalue weighted by Crippen LogP contribution is -2.22. The molecule has 2 heterocycles. The highest BCUT2D eigenvalue weighted by molar-refractivity contribution is 7.14. The summed E-state index contributed by atoms with van der Waals surface area (Å²) >= 11 is 7.51. The van der Waals surface area contributed by atoms with E-state index < -0.39 is 0 Å². The Morgan fingerprint density at radius 1 is 1.29 bits per heavy atom. The highest BCUT2D eigenvalue weighted by Gasteiger charge is 2.12. The van der Waals surface area contributed by atoms with Crippen LogP contribution in [0.15, 0.2) is 36.0 Å². The third-order valence-corrected chi connectivity index (χ3v) is 3.88. The number of pyridine rings is 1. The van der Waals surface area contributed by atoms with Crippen LogP contribution in [0.4, 0.5) is 0 Å². The van der Waals surface area contributed by atoms with E-state index in [0.717, 1.165) is 4.34 Å². The predicted octanol–water partition coefficient (Wildman–Crippen LogP) is 4.21. The van der Waals surface area contributed by atoms with Crippen LogP contribution in [0.2, 0.25) is 4.34 Å². The topological polar surface area (TPSA) is 24.9 Å². The van der Waals surface area contributed by atoms with Crippen LogP contribution < -0.4 is 5.32 Å². The molecule has 2 nitrogen and oxygen atoms in total. The van der Waals surface area contributed by atoms with E-state index in [2.05, 4.69) is 35.6 Å². The van der Waals surface area contributed by atoms with Crippen molar-refractivity contribution < 1.29 is 0 Å². The Morgan fingerprint density at radius 3 is 2.65 bits per heavy atom. The highest BCUT2D eigenvalue weighted by Crippen LogP contribution is 2.26. The lowest BCUT2D eigenvalue weighted by atomic mass is 10.1. The van der Waals surface area contributed by atoms with Gasteiger partial charge in [-0.2, -0.15) is 0 Å². The van der Waals surface area contributed by atoms with E-state index in [9.17, 15) is 0 Å². The van der Waals surface area contributed by atoms with Crippen molar-refractivity contribution in [2.24, 2.45) is 0 Å². The number of aromatic nitrogens is 1. The second-order valence-corrected chi connectivity index (χ2v) is 5.62. The fraction of sp³-hybridized carbons (Fsp3) is 0.308. The van der Waals surface area contributed by atoms with Crippen molar-refractivity contribution in [1.82, 2.24) is 10.3 Å². The smallest absolute Gasteiger partial charge is 0.0931 e. The Bertz CT molecular complexity index is 469. The van der Waals surface area contributed by atoms with Gasteiger partial charge >= 0.3 is 0 Å². The maximum absolute atomic E-state index is 5.94. The quantitative estimate of drug-likeness (QED) is 0.897. The third kappa shape index (κ3) is 3.28. The summed E-state index contributed by atoms with van der Waals surface area (Å²) in [4.78, 5) is 4.13. The Hall–Kier alpha value is -0.900. The molecule has 0 aliphatic heterocycles. The average Bonchev–Trinajstić information content (AvgIpc) is 2.77. The zero-order chi connectivity index (χ0) is 12.3. The Morgan fingerprint density at radius 2 is 2.06 bits per heavy atom. The van der Waals surface area contributed by atoms with Crippen LogP contribution in [-0.2, 0) is 0 Å². The highest BCUT2D eigenvalue weighted by atomic mass is 35.5. The molecular formula is C13H15ClN2S. The fourth-order valence-electron chi connectivity index (χ4n) is 1.75. The van der Waals surface area contributed by atoms with Gasteiger partial charge in [0.1, 0.15) is 0 Å². The normalized spacial score (nSPS) is 14.5. The first-order valence-electron chi connectivity index (χ1n) is 5.56. The largest absolute Gasteiger partial charge is 0.304 e. The van der Waals surface area contributed by atoms with Crippen molar-refractivity contribution in [2.75, 3.05) is 0 Å². The first-order valence-corrected chi connectivity index (χ1v) is 6.82. The average molecular weight is 267 g/mol. The van der Waals surface area contributed by atoms with E-state index in [0.29, 0.717) is 0 Å². The van der Waals surface area contributed by atoms with Gasteiger partial charge in [-0.05, 0) is 42.5 Å². The molecule has 0 radical (unpaired) electrons. The van der Waals surface area contributed by atoms with Crippen molar-refractivity contribution >= 4 is 22.9 Å². The lowest BCUT2D eigenvalue weighted by molar-refractivity contribution is 0.494. The number of nitrogens with zero attached hydrogens (tertiary/aromatic N) is 1. The summed E-state index contributed by atoms with van der Waals surface area (Å²) in [5.41, 5.74) is 2.43. The SMILES string of the molecule is CC(N[C@@H](C)c1cccnc1)c1csc(Cl)c1. The molecular weight excluding hydrogens is 252 g/mol. The second-order valence-electron chi connectivity index (χ2n) is 4.08. The van der Waals surface area contributed by atoms with Gasteiger partial charge in [0.2, 0.25) is 0 Å². The van der Waals surface area contributed by atoms with Gasteiger partial charge in [0.05, 0.1) is 4.34 Å². The zero-order valence-corrected chi connectivity index (χ0v) is 11.4. The number of rotatable bonds is 4. The minimum atomic E-state index is 0.275. The van der Waals surface area contributed by atoms with Gasteiger partial charge < -0.3 is 5.32 Å². The molecule has 4 heteroatoms. The monoisotopic (exact) mass is 266 g/mol. The van der Waals surface area contributed by atoms with Crippen molar-refractivity contribution in [3.8, 4) is 0 Å². The number of hydrogen-bond acceptors (Lipinski definition) is 3. The first kappa shape index (κ1) is 12.6. The first-order chi connectivity index (χ1) is 8.16. The fourth-order valence-corrected chi connectivity index (χ4v) is 2.73. The molecule has 17 heavy (non-hydrogen) atoms. The molecule has 2 aromatic rings. The summed E-state index contributed by atoms with van der Waals surface area (Å²) in [7, 11) is 0. The summed E-state index contributed by atoms with van der Waals surface area (Å²) in [6.45, 7) is 4.28. The van der Waals surface area contributed by atoms with Gasteiger partial charge in [-0.1, -0.05) is 17.7 Å². The molecule has 0 spiro atoms. The van der Waals surface area contributed by atoms with Crippen molar-refractivity contribution in [1.29, 1.82) is 0 Å². The predicted molar refractivity (Wildman–Crippen MR) is 73.5 cm³/mol. The van der Waals surface area contributed by atoms with Crippen molar-refractivity contribution in [3.05, 3.63) is 51.4 Å². The summed E-state index contributed by atoms with van der Waals surface area (Å²) in [6, 6.07) is 6.61. The molecule has 2 aromatic heterocycles. The molecule has 0 bridgehead atoms. The molecule has 0 aliphatic carbocycles. The summed E-state index contributed by atoms with van der Waals surface area (Å²) < 4.78 is 0.836. The van der Waals surface area contributed by atoms with E-state index in [-0.39, 0.29) is 12.1 Å². The van der Waals surface area contributed by atoms with Crippen LogP contribution in [0.25, 0.3) is 0 Å². The van der Waals surface area contributed by atoms with Gasteiger partial charge in [0, 0.05) is 24.5 Å². The standard InChI is InChI=1S/C13H15ClN2S/c1-9(11-4-3-5-15-7-11)16-10(2)12-6-13(14)17-8-12/h3-10,16H,1-2H3/t9-,10?/m0/s1. The molecule has 2 atom stereocenters. The molecule has 0 aliphatic rings. The van der Waals surface area contributed by atoms with Crippen LogP contribution >= 0.6 is 22.9 Å². The van der Waals surface area contributed by atoms with E-state index in [1.807, 2.05) is 18.3 Å². The van der Waals surface area contributed by atoms with Gasteiger partial charge in [0.25, 0.3) is 0 Å². The number of thiophene rings is 1. The summed E-state index contributed by atoms with van der Waals surface area (Å²) in [5, 5.41) is 5.63. The molecule has 0 fully saturated rings. The Labute approximate surface area is 111 Å². The van der Waals surface area contributed by atoms with Gasteiger partial charge in [0.15, 0.2) is 0 Å². The van der Waals surface area contributed by atoms with Crippen LogP contribution in [0.1, 0.15) is 37.1 Å². The maximum atomic E-state index is 5.94. The van der Waals surface area contributed by atoms with E-state index in [1.54, 1.807) is 17.5 Å². The van der Waals surface area contributed by atoms with Gasteiger partial charge in [-0.3, -0.25) is 4.98 Å². The molecule has 2 rings (SSSR count). The van der Waals surface area contributed by atoms with Crippen LogP contribution in [0, 0.1) is 0 Å². The summed E-state index contributed by atoms with van der Waals surface area (Å²) in [5.74, 6) is 0. The molecule has 1 unspecified atom stereocenters. The molecule has 0 amide bonds. The second kappa shape index (κ2) is 5.63. The van der Waals surface area contributed by atoms with Crippen LogP contribution in [0.3, 0.4) is 0 Å².